The molecule has 1 aromatic rings. The van der Waals surface area contributed by atoms with Crippen LogP contribution in [0, 0.1) is 18.8 Å². The van der Waals surface area contributed by atoms with Gasteiger partial charge in [-0.05, 0) is 31.5 Å². The van der Waals surface area contributed by atoms with Crippen molar-refractivity contribution in [3.63, 3.8) is 0 Å². The number of halogens is 1. The molecule has 0 aromatic heterocycles. The molecule has 0 saturated carbocycles. The third kappa shape index (κ3) is 3.01. The standard InChI is InChI=1S/C11H12ClN/c1-3-4-7-13-10-6-5-9(2)11(12)8-10/h5-6,8,13H,7H2,1-2H3. The van der Waals surface area contributed by atoms with E-state index in [1.807, 2.05) is 32.0 Å². The van der Waals surface area contributed by atoms with Crippen molar-refractivity contribution in [2.75, 3.05) is 11.9 Å². The van der Waals surface area contributed by atoms with Gasteiger partial charge in [0.2, 0.25) is 0 Å². The van der Waals surface area contributed by atoms with Crippen LogP contribution in [0.15, 0.2) is 18.2 Å². The van der Waals surface area contributed by atoms with Crippen LogP contribution in [-0.2, 0) is 0 Å². The molecule has 0 bridgehead atoms. The van der Waals surface area contributed by atoms with E-state index < -0.39 is 0 Å². The first-order valence-corrected chi connectivity index (χ1v) is 4.51. The molecule has 0 saturated heterocycles. The molecule has 13 heavy (non-hydrogen) atoms. The van der Waals surface area contributed by atoms with E-state index in [1.165, 1.54) is 0 Å². The highest BCUT2D eigenvalue weighted by Crippen LogP contribution is 2.19. The molecule has 0 radical (unpaired) electrons. The summed E-state index contributed by atoms with van der Waals surface area (Å²) >= 11 is 5.95. The normalized spacial score (nSPS) is 8.85. The second kappa shape index (κ2) is 4.79. The molecule has 1 nitrogen and oxygen atoms in total. The van der Waals surface area contributed by atoms with Gasteiger partial charge in [0.1, 0.15) is 0 Å². The zero-order valence-corrected chi connectivity index (χ0v) is 8.57. The summed E-state index contributed by atoms with van der Waals surface area (Å²) in [6.45, 7) is 4.47. The summed E-state index contributed by atoms with van der Waals surface area (Å²) in [6.07, 6.45) is 0. The van der Waals surface area contributed by atoms with Gasteiger partial charge in [0.05, 0.1) is 6.54 Å². The summed E-state index contributed by atoms with van der Waals surface area (Å²) in [4.78, 5) is 0. The second-order valence-corrected chi connectivity index (χ2v) is 3.15. The quantitative estimate of drug-likeness (QED) is 0.712. The van der Waals surface area contributed by atoms with E-state index in [0.29, 0.717) is 6.54 Å². The smallest absolute Gasteiger partial charge is 0.0765 e. The van der Waals surface area contributed by atoms with Crippen molar-refractivity contribution in [1.82, 2.24) is 0 Å². The molecule has 0 spiro atoms. The van der Waals surface area contributed by atoms with E-state index in [2.05, 4.69) is 17.2 Å². The summed E-state index contributed by atoms with van der Waals surface area (Å²) < 4.78 is 0. The number of aryl methyl sites for hydroxylation is 1. The Morgan fingerprint density at radius 1 is 1.46 bits per heavy atom. The first-order valence-electron chi connectivity index (χ1n) is 4.13. The molecule has 2 heteroatoms. The summed E-state index contributed by atoms with van der Waals surface area (Å²) in [5.74, 6) is 5.75. The third-order valence-electron chi connectivity index (χ3n) is 1.73. The summed E-state index contributed by atoms with van der Waals surface area (Å²) in [5, 5.41) is 3.94. The highest BCUT2D eigenvalue weighted by Gasteiger charge is 1.95. The van der Waals surface area contributed by atoms with Crippen LogP contribution in [0.2, 0.25) is 5.02 Å². The van der Waals surface area contributed by atoms with E-state index in [-0.39, 0.29) is 0 Å². The fraction of sp³-hybridized carbons (Fsp3) is 0.273. The van der Waals surface area contributed by atoms with Gasteiger partial charge in [-0.15, -0.1) is 5.92 Å². The Labute approximate surface area is 84.1 Å². The largest absolute Gasteiger partial charge is 0.374 e. The molecule has 0 atom stereocenters. The van der Waals surface area contributed by atoms with Gasteiger partial charge in [0, 0.05) is 10.7 Å². The van der Waals surface area contributed by atoms with Gasteiger partial charge in [-0.25, -0.2) is 0 Å². The van der Waals surface area contributed by atoms with Gasteiger partial charge in [-0.3, -0.25) is 0 Å². The number of hydrogen-bond acceptors (Lipinski definition) is 1. The highest BCUT2D eigenvalue weighted by molar-refractivity contribution is 6.31. The topological polar surface area (TPSA) is 12.0 Å². The Bertz CT molecular complexity index is 347. The lowest BCUT2D eigenvalue weighted by Crippen LogP contribution is -1.98. The van der Waals surface area contributed by atoms with Gasteiger partial charge in [-0.2, -0.15) is 0 Å². The van der Waals surface area contributed by atoms with Crippen molar-refractivity contribution < 1.29 is 0 Å². The number of nitrogens with one attached hydrogen (secondary N) is 1. The van der Waals surface area contributed by atoms with Gasteiger partial charge in [-0.1, -0.05) is 23.6 Å². The number of anilines is 1. The molecule has 0 aliphatic carbocycles. The maximum Gasteiger partial charge on any atom is 0.0765 e. The molecule has 1 aromatic carbocycles. The van der Waals surface area contributed by atoms with Crippen LogP contribution in [0.1, 0.15) is 12.5 Å². The van der Waals surface area contributed by atoms with Crippen LogP contribution in [0.3, 0.4) is 0 Å². The summed E-state index contributed by atoms with van der Waals surface area (Å²) in [5.41, 5.74) is 2.10. The molecule has 68 valence electrons. The number of hydrogen-bond donors (Lipinski definition) is 1. The Balaban J connectivity index is 2.66. The molecule has 0 fully saturated rings. The van der Waals surface area contributed by atoms with Crippen LogP contribution in [0.25, 0.3) is 0 Å². The first-order chi connectivity index (χ1) is 6.24. The Hall–Kier alpha value is -1.13. The summed E-state index contributed by atoms with van der Waals surface area (Å²) in [6, 6.07) is 5.90. The Morgan fingerprint density at radius 3 is 2.85 bits per heavy atom. The van der Waals surface area contributed by atoms with Crippen molar-refractivity contribution in [2.45, 2.75) is 13.8 Å². The van der Waals surface area contributed by atoms with Gasteiger partial charge in [0.15, 0.2) is 0 Å². The maximum atomic E-state index is 5.95. The third-order valence-corrected chi connectivity index (χ3v) is 2.14. The fourth-order valence-electron chi connectivity index (χ4n) is 0.937. The lowest BCUT2D eigenvalue weighted by molar-refractivity contribution is 1.36. The average Bonchev–Trinajstić information content (AvgIpc) is 2.12. The number of benzene rings is 1. The lowest BCUT2D eigenvalue weighted by Gasteiger charge is -2.04. The first kappa shape index (κ1) is 9.95. The van der Waals surface area contributed by atoms with Crippen molar-refractivity contribution in [2.24, 2.45) is 0 Å². The minimum absolute atomic E-state index is 0.663. The fourth-order valence-corrected chi connectivity index (χ4v) is 1.12. The average molecular weight is 194 g/mol. The molecule has 0 heterocycles. The Kier molecular flexibility index (Phi) is 3.67. The van der Waals surface area contributed by atoms with E-state index in [1.54, 1.807) is 0 Å². The van der Waals surface area contributed by atoms with E-state index >= 15 is 0 Å². The van der Waals surface area contributed by atoms with Crippen LogP contribution in [-0.4, -0.2) is 6.54 Å². The summed E-state index contributed by atoms with van der Waals surface area (Å²) in [7, 11) is 0. The molecule has 0 aliphatic heterocycles. The SMILES string of the molecule is CC#CCNc1ccc(C)c(Cl)c1. The van der Waals surface area contributed by atoms with E-state index in [0.717, 1.165) is 16.3 Å². The van der Waals surface area contributed by atoms with Crippen molar-refractivity contribution in [3.05, 3.63) is 28.8 Å². The minimum atomic E-state index is 0.663. The van der Waals surface area contributed by atoms with Crippen LogP contribution >= 0.6 is 11.6 Å². The number of rotatable bonds is 2. The van der Waals surface area contributed by atoms with Gasteiger partial charge < -0.3 is 5.32 Å². The second-order valence-electron chi connectivity index (χ2n) is 2.74. The minimum Gasteiger partial charge on any atom is -0.374 e. The predicted octanol–water partition coefficient (Wildman–Crippen LogP) is 3.08. The molecule has 0 aliphatic rings. The zero-order chi connectivity index (χ0) is 9.68. The lowest BCUT2D eigenvalue weighted by atomic mass is 10.2. The zero-order valence-electron chi connectivity index (χ0n) is 7.82. The van der Waals surface area contributed by atoms with Crippen molar-refractivity contribution >= 4 is 17.3 Å². The van der Waals surface area contributed by atoms with E-state index in [9.17, 15) is 0 Å². The van der Waals surface area contributed by atoms with Gasteiger partial charge in [0.25, 0.3) is 0 Å². The van der Waals surface area contributed by atoms with Crippen molar-refractivity contribution in [3.8, 4) is 11.8 Å². The maximum absolute atomic E-state index is 5.95. The van der Waals surface area contributed by atoms with Crippen LogP contribution < -0.4 is 5.32 Å². The monoisotopic (exact) mass is 193 g/mol. The molecular weight excluding hydrogens is 182 g/mol. The highest BCUT2D eigenvalue weighted by atomic mass is 35.5. The van der Waals surface area contributed by atoms with Crippen LogP contribution in [0.4, 0.5) is 5.69 Å². The van der Waals surface area contributed by atoms with Crippen molar-refractivity contribution in [1.29, 1.82) is 0 Å². The molecular formula is C11H12ClN. The van der Waals surface area contributed by atoms with Gasteiger partial charge >= 0.3 is 0 Å². The van der Waals surface area contributed by atoms with Crippen LogP contribution in [0.5, 0.6) is 0 Å². The molecule has 1 rings (SSSR count). The Morgan fingerprint density at radius 2 is 2.23 bits per heavy atom. The van der Waals surface area contributed by atoms with E-state index in [4.69, 9.17) is 11.6 Å². The predicted molar refractivity (Wildman–Crippen MR) is 58.1 cm³/mol. The molecule has 0 unspecified atom stereocenters. The molecule has 0 amide bonds. The molecule has 1 N–H and O–H groups in total.